The minimum absolute atomic E-state index is 0.193. The molecule has 0 aromatic rings. The molecule has 1 amide bonds. The Morgan fingerprint density at radius 3 is 2.40 bits per heavy atom. The topological polar surface area (TPSA) is 29.5 Å². The average Bonchev–Trinajstić information content (AvgIpc) is 2.17. The monoisotopic (exact) mass is 277 g/mol. The highest BCUT2D eigenvalue weighted by molar-refractivity contribution is 9.10. The van der Waals surface area contributed by atoms with Crippen molar-refractivity contribution in [2.24, 2.45) is 5.92 Å². The number of ether oxygens (including phenoxy) is 1. The molecule has 0 spiro atoms. The van der Waals surface area contributed by atoms with E-state index >= 15 is 0 Å². The van der Waals surface area contributed by atoms with Crippen LogP contribution in [0.2, 0.25) is 0 Å². The van der Waals surface area contributed by atoms with Gasteiger partial charge in [-0.25, -0.2) is 0 Å². The molecule has 1 aliphatic rings. The Bertz CT molecular complexity index is 217. The molecule has 1 rings (SSSR count). The van der Waals surface area contributed by atoms with E-state index in [1.807, 2.05) is 18.7 Å². The molecule has 1 fully saturated rings. The van der Waals surface area contributed by atoms with E-state index in [2.05, 4.69) is 15.9 Å². The lowest BCUT2D eigenvalue weighted by molar-refractivity contribution is -0.134. The maximum Gasteiger partial charge on any atom is 0.238 e. The molecule has 0 unspecified atom stereocenters. The Morgan fingerprint density at radius 2 is 2.00 bits per heavy atom. The van der Waals surface area contributed by atoms with E-state index in [4.69, 9.17) is 4.74 Å². The summed E-state index contributed by atoms with van der Waals surface area (Å²) in [5.41, 5.74) is 0. The minimum atomic E-state index is -0.429. The Labute approximate surface area is 100 Å². The van der Waals surface area contributed by atoms with Crippen LogP contribution in [0.1, 0.15) is 26.7 Å². The maximum atomic E-state index is 11.9. The zero-order chi connectivity index (χ0) is 11.5. The second-order valence-electron chi connectivity index (χ2n) is 4.66. The predicted octanol–water partition coefficient (Wildman–Crippen LogP) is 2.04. The van der Waals surface area contributed by atoms with Crippen molar-refractivity contribution in [1.82, 2.24) is 4.90 Å². The lowest BCUT2D eigenvalue weighted by Gasteiger charge is -2.34. The number of carbonyl (C=O) groups is 1. The molecule has 1 aliphatic heterocycles. The van der Waals surface area contributed by atoms with E-state index in [0.29, 0.717) is 5.92 Å². The fourth-order valence-corrected chi connectivity index (χ4v) is 2.17. The van der Waals surface area contributed by atoms with E-state index in [1.165, 1.54) is 0 Å². The van der Waals surface area contributed by atoms with Gasteiger partial charge >= 0.3 is 0 Å². The summed E-state index contributed by atoms with van der Waals surface area (Å²) in [5.74, 6) is 0.816. The lowest BCUT2D eigenvalue weighted by atomic mass is 9.97. The summed E-state index contributed by atoms with van der Waals surface area (Å²) < 4.78 is 4.70. The van der Waals surface area contributed by atoms with E-state index in [-0.39, 0.29) is 5.91 Å². The molecule has 0 radical (unpaired) electrons. The lowest BCUT2D eigenvalue weighted by Crippen LogP contribution is -2.46. The molecule has 1 heterocycles. The highest BCUT2D eigenvalue weighted by atomic mass is 79.9. The summed E-state index contributed by atoms with van der Waals surface area (Å²) >= 11 is 3.41. The normalized spacial score (nSPS) is 19.3. The Hall–Kier alpha value is -0.0900. The van der Waals surface area contributed by atoms with Gasteiger partial charge < -0.3 is 9.64 Å². The van der Waals surface area contributed by atoms with Crippen LogP contribution in [0.3, 0.4) is 0 Å². The molecule has 3 nitrogen and oxygen atoms in total. The number of hydrogen-bond acceptors (Lipinski definition) is 2. The van der Waals surface area contributed by atoms with Crippen LogP contribution < -0.4 is 0 Å². The van der Waals surface area contributed by atoms with Crippen molar-refractivity contribution in [2.45, 2.75) is 31.0 Å². The van der Waals surface area contributed by atoms with Crippen LogP contribution in [-0.4, -0.2) is 41.9 Å². The van der Waals surface area contributed by atoms with Gasteiger partial charge in [0.1, 0.15) is 0 Å². The molecule has 0 aromatic heterocycles. The van der Waals surface area contributed by atoms with Crippen molar-refractivity contribution >= 4 is 21.8 Å². The molecule has 1 saturated heterocycles. The maximum absolute atomic E-state index is 11.9. The van der Waals surface area contributed by atoms with E-state index in [9.17, 15) is 4.79 Å². The van der Waals surface area contributed by atoms with Gasteiger partial charge in [-0.2, -0.15) is 0 Å². The number of carbonyl (C=O) groups excluding carboxylic acids is 1. The first-order valence-corrected chi connectivity index (χ1v) is 6.21. The Balaban J connectivity index is 2.41. The standard InChI is InChI=1S/C11H20BrNO2/c1-11(2,12)10(14)13-6-4-9(5-7-13)8-15-3/h9H,4-8H2,1-3H3. The minimum Gasteiger partial charge on any atom is -0.384 e. The van der Waals surface area contributed by atoms with Gasteiger partial charge in [0.2, 0.25) is 5.91 Å². The predicted molar refractivity (Wildman–Crippen MR) is 64.2 cm³/mol. The quantitative estimate of drug-likeness (QED) is 0.739. The first-order valence-electron chi connectivity index (χ1n) is 5.42. The summed E-state index contributed by atoms with van der Waals surface area (Å²) in [7, 11) is 1.74. The molecular weight excluding hydrogens is 258 g/mol. The third kappa shape index (κ3) is 3.76. The van der Waals surface area contributed by atoms with Gasteiger partial charge in [0, 0.05) is 26.8 Å². The van der Waals surface area contributed by atoms with Crippen molar-refractivity contribution < 1.29 is 9.53 Å². The molecule has 0 aliphatic carbocycles. The van der Waals surface area contributed by atoms with Gasteiger partial charge in [0.25, 0.3) is 0 Å². The van der Waals surface area contributed by atoms with Gasteiger partial charge in [-0.05, 0) is 32.6 Å². The first-order chi connectivity index (χ1) is 6.95. The average molecular weight is 278 g/mol. The third-order valence-electron chi connectivity index (χ3n) is 2.81. The first kappa shape index (κ1) is 13.0. The van der Waals surface area contributed by atoms with Crippen LogP contribution in [0.4, 0.5) is 0 Å². The SMILES string of the molecule is COCC1CCN(C(=O)C(C)(C)Br)CC1. The highest BCUT2D eigenvalue weighted by Gasteiger charge is 2.31. The molecule has 0 saturated carbocycles. The molecule has 0 aromatic carbocycles. The van der Waals surface area contributed by atoms with Crippen LogP contribution in [-0.2, 0) is 9.53 Å². The molecule has 0 N–H and O–H groups in total. The molecular formula is C11H20BrNO2. The van der Waals surface area contributed by atoms with Crippen molar-refractivity contribution in [3.05, 3.63) is 0 Å². The summed E-state index contributed by atoms with van der Waals surface area (Å²) in [6, 6.07) is 0. The van der Waals surface area contributed by atoms with Crippen molar-refractivity contribution in [2.75, 3.05) is 26.8 Å². The summed E-state index contributed by atoms with van der Waals surface area (Å²) in [6.07, 6.45) is 2.12. The van der Waals surface area contributed by atoms with E-state index in [0.717, 1.165) is 32.5 Å². The van der Waals surface area contributed by atoms with Gasteiger partial charge in [0.15, 0.2) is 0 Å². The number of rotatable bonds is 3. The summed E-state index contributed by atoms with van der Waals surface area (Å²) in [4.78, 5) is 13.9. The zero-order valence-corrected chi connectivity index (χ0v) is 11.3. The van der Waals surface area contributed by atoms with Gasteiger partial charge in [0.05, 0.1) is 4.32 Å². The van der Waals surface area contributed by atoms with E-state index in [1.54, 1.807) is 7.11 Å². The van der Waals surface area contributed by atoms with E-state index < -0.39 is 4.32 Å². The third-order valence-corrected chi connectivity index (χ3v) is 3.15. The molecule has 0 atom stereocenters. The number of methoxy groups -OCH3 is 1. The Kier molecular flexibility index (Phi) is 4.59. The molecule has 15 heavy (non-hydrogen) atoms. The largest absolute Gasteiger partial charge is 0.384 e. The second-order valence-corrected chi connectivity index (χ2v) is 6.65. The number of likely N-dealkylation sites (tertiary alicyclic amines) is 1. The smallest absolute Gasteiger partial charge is 0.238 e. The Morgan fingerprint density at radius 1 is 1.47 bits per heavy atom. The van der Waals surface area contributed by atoms with Crippen LogP contribution in [0.25, 0.3) is 0 Å². The second kappa shape index (κ2) is 5.30. The number of hydrogen-bond donors (Lipinski definition) is 0. The zero-order valence-electron chi connectivity index (χ0n) is 9.75. The van der Waals surface area contributed by atoms with Crippen molar-refractivity contribution in [3.8, 4) is 0 Å². The highest BCUT2D eigenvalue weighted by Crippen LogP contribution is 2.24. The van der Waals surface area contributed by atoms with Gasteiger partial charge in [-0.3, -0.25) is 4.79 Å². The fraction of sp³-hybridized carbons (Fsp3) is 0.909. The molecule has 0 bridgehead atoms. The van der Waals surface area contributed by atoms with Gasteiger partial charge in [-0.15, -0.1) is 0 Å². The summed E-state index contributed by atoms with van der Waals surface area (Å²) in [5, 5.41) is 0. The number of amides is 1. The van der Waals surface area contributed by atoms with Crippen LogP contribution in [0, 0.1) is 5.92 Å². The van der Waals surface area contributed by atoms with Crippen molar-refractivity contribution in [3.63, 3.8) is 0 Å². The van der Waals surface area contributed by atoms with Gasteiger partial charge in [-0.1, -0.05) is 15.9 Å². The number of nitrogens with zero attached hydrogens (tertiary/aromatic N) is 1. The van der Waals surface area contributed by atoms with Crippen LogP contribution in [0.5, 0.6) is 0 Å². The van der Waals surface area contributed by atoms with Crippen LogP contribution in [0.15, 0.2) is 0 Å². The fourth-order valence-electron chi connectivity index (χ4n) is 1.91. The van der Waals surface area contributed by atoms with Crippen molar-refractivity contribution in [1.29, 1.82) is 0 Å². The molecule has 4 heteroatoms. The van der Waals surface area contributed by atoms with Crippen LogP contribution >= 0.6 is 15.9 Å². The number of halogens is 1. The molecule has 88 valence electrons. The number of piperidine rings is 1. The number of alkyl halides is 1. The summed E-state index contributed by atoms with van der Waals surface area (Å²) in [6.45, 7) is 6.34.